The van der Waals surface area contributed by atoms with Gasteiger partial charge in [-0.05, 0) is 12.1 Å². The highest BCUT2D eigenvalue weighted by molar-refractivity contribution is 5.82. The quantitative estimate of drug-likeness (QED) is 0.791. The number of rotatable bonds is 3. The molecule has 0 radical (unpaired) electrons. The number of hydrogen-bond acceptors (Lipinski definition) is 3. The van der Waals surface area contributed by atoms with Gasteiger partial charge in [0.15, 0.2) is 11.4 Å². The van der Waals surface area contributed by atoms with Crippen LogP contribution < -0.4 is 5.76 Å². The molecule has 84 valence electrons. The van der Waals surface area contributed by atoms with Crippen LogP contribution in [0, 0.1) is 5.92 Å². The monoisotopic (exact) mass is 219 g/mol. The summed E-state index contributed by atoms with van der Waals surface area (Å²) < 4.78 is 6.41. The average Bonchev–Trinajstić information content (AvgIpc) is 2.55. The molecule has 1 heterocycles. The van der Waals surface area contributed by atoms with Crippen LogP contribution in [0.25, 0.3) is 11.1 Å². The molecule has 0 amide bonds. The molecule has 16 heavy (non-hydrogen) atoms. The first kappa shape index (κ1) is 10.7. The minimum atomic E-state index is -0.477. The van der Waals surface area contributed by atoms with Crippen molar-refractivity contribution in [3.8, 4) is 0 Å². The molecule has 0 bridgehead atoms. The lowest BCUT2D eigenvalue weighted by molar-refractivity contribution is -0.122. The van der Waals surface area contributed by atoms with Crippen molar-refractivity contribution in [2.24, 2.45) is 5.92 Å². The van der Waals surface area contributed by atoms with E-state index in [1.165, 1.54) is 4.57 Å². The maximum Gasteiger partial charge on any atom is 0.420 e. The summed E-state index contributed by atoms with van der Waals surface area (Å²) in [5.41, 5.74) is 1.19. The molecule has 0 aliphatic carbocycles. The van der Waals surface area contributed by atoms with E-state index in [9.17, 15) is 9.59 Å². The van der Waals surface area contributed by atoms with E-state index < -0.39 is 5.76 Å². The molecule has 0 fully saturated rings. The number of carbonyl (C=O) groups is 1. The van der Waals surface area contributed by atoms with Gasteiger partial charge in [0.05, 0.1) is 12.1 Å². The lowest BCUT2D eigenvalue weighted by Crippen LogP contribution is -2.22. The van der Waals surface area contributed by atoms with Crippen molar-refractivity contribution >= 4 is 16.9 Å². The second-order valence-electron chi connectivity index (χ2n) is 4.04. The van der Waals surface area contributed by atoms with E-state index in [4.69, 9.17) is 4.42 Å². The zero-order valence-electron chi connectivity index (χ0n) is 9.27. The van der Waals surface area contributed by atoms with Crippen LogP contribution in [-0.2, 0) is 11.3 Å². The number of benzene rings is 1. The molecule has 0 unspecified atom stereocenters. The van der Waals surface area contributed by atoms with Crippen LogP contribution in [0.15, 0.2) is 33.5 Å². The van der Waals surface area contributed by atoms with Crippen LogP contribution >= 0.6 is 0 Å². The molecule has 2 aromatic rings. The summed E-state index contributed by atoms with van der Waals surface area (Å²) in [6.07, 6.45) is 0. The number of para-hydroxylation sites is 2. The zero-order chi connectivity index (χ0) is 11.7. The minimum Gasteiger partial charge on any atom is -0.408 e. The first-order valence-corrected chi connectivity index (χ1v) is 5.20. The van der Waals surface area contributed by atoms with Gasteiger partial charge in [-0.3, -0.25) is 9.36 Å². The van der Waals surface area contributed by atoms with Crippen LogP contribution in [0.5, 0.6) is 0 Å². The van der Waals surface area contributed by atoms with Crippen molar-refractivity contribution < 1.29 is 9.21 Å². The Balaban J connectivity index is 2.48. The normalized spacial score (nSPS) is 11.2. The van der Waals surface area contributed by atoms with Gasteiger partial charge >= 0.3 is 5.76 Å². The number of ketones is 1. The molecular weight excluding hydrogens is 206 g/mol. The number of hydrogen-bond donors (Lipinski definition) is 0. The lowest BCUT2D eigenvalue weighted by atomic mass is 10.1. The number of Topliss-reactive ketones (excluding diaryl/α,β-unsaturated/α-hetero) is 1. The number of fused-ring (bicyclic) bond motifs is 1. The van der Waals surface area contributed by atoms with E-state index in [-0.39, 0.29) is 18.2 Å². The molecule has 1 aromatic carbocycles. The highest BCUT2D eigenvalue weighted by Crippen LogP contribution is 2.12. The molecule has 0 aliphatic heterocycles. The van der Waals surface area contributed by atoms with Crippen LogP contribution in [0.4, 0.5) is 0 Å². The average molecular weight is 219 g/mol. The van der Waals surface area contributed by atoms with Gasteiger partial charge in [-0.1, -0.05) is 26.0 Å². The second-order valence-corrected chi connectivity index (χ2v) is 4.04. The Morgan fingerprint density at radius 3 is 2.75 bits per heavy atom. The van der Waals surface area contributed by atoms with Crippen LogP contribution in [-0.4, -0.2) is 10.4 Å². The fourth-order valence-corrected chi connectivity index (χ4v) is 1.50. The van der Waals surface area contributed by atoms with E-state index >= 15 is 0 Å². The highest BCUT2D eigenvalue weighted by Gasteiger charge is 2.14. The van der Waals surface area contributed by atoms with Crippen molar-refractivity contribution in [1.82, 2.24) is 4.57 Å². The zero-order valence-corrected chi connectivity index (χ0v) is 9.27. The summed E-state index contributed by atoms with van der Waals surface area (Å²) >= 11 is 0. The minimum absolute atomic E-state index is 0.0219. The Hall–Kier alpha value is -1.84. The van der Waals surface area contributed by atoms with Gasteiger partial charge in [0.2, 0.25) is 0 Å². The van der Waals surface area contributed by atoms with E-state index in [2.05, 4.69) is 0 Å². The van der Waals surface area contributed by atoms with Gasteiger partial charge < -0.3 is 4.42 Å². The summed E-state index contributed by atoms with van der Waals surface area (Å²) in [5.74, 6) is -0.538. The number of aromatic nitrogens is 1. The Kier molecular flexibility index (Phi) is 2.64. The predicted octanol–water partition coefficient (Wildman–Crippen LogP) is 1.82. The molecule has 0 N–H and O–H groups in total. The summed E-state index contributed by atoms with van der Waals surface area (Å²) in [5, 5.41) is 0. The highest BCUT2D eigenvalue weighted by atomic mass is 16.4. The lowest BCUT2D eigenvalue weighted by Gasteiger charge is -2.03. The van der Waals surface area contributed by atoms with Gasteiger partial charge in [0.25, 0.3) is 0 Å². The van der Waals surface area contributed by atoms with Crippen molar-refractivity contribution in [3.05, 3.63) is 34.8 Å². The van der Waals surface area contributed by atoms with E-state index in [0.717, 1.165) is 0 Å². The predicted molar refractivity (Wildman–Crippen MR) is 60.3 cm³/mol. The Morgan fingerprint density at radius 1 is 1.38 bits per heavy atom. The summed E-state index contributed by atoms with van der Waals surface area (Å²) in [6, 6.07) is 7.09. The number of oxazole rings is 1. The van der Waals surface area contributed by atoms with Gasteiger partial charge in [0, 0.05) is 5.92 Å². The third kappa shape index (κ3) is 1.78. The van der Waals surface area contributed by atoms with E-state index in [1.807, 2.05) is 19.9 Å². The molecule has 0 spiro atoms. The van der Waals surface area contributed by atoms with Gasteiger partial charge in [0.1, 0.15) is 0 Å². The Morgan fingerprint density at radius 2 is 2.06 bits per heavy atom. The molecule has 4 nitrogen and oxygen atoms in total. The maximum absolute atomic E-state index is 11.6. The first-order valence-electron chi connectivity index (χ1n) is 5.20. The van der Waals surface area contributed by atoms with Crippen molar-refractivity contribution in [1.29, 1.82) is 0 Å². The van der Waals surface area contributed by atoms with Crippen molar-refractivity contribution in [2.75, 3.05) is 0 Å². The first-order chi connectivity index (χ1) is 7.59. The van der Waals surface area contributed by atoms with Gasteiger partial charge in [-0.15, -0.1) is 0 Å². The van der Waals surface area contributed by atoms with Crippen LogP contribution in [0.3, 0.4) is 0 Å². The van der Waals surface area contributed by atoms with Crippen LogP contribution in [0.1, 0.15) is 13.8 Å². The second kappa shape index (κ2) is 3.96. The SMILES string of the molecule is CC(C)C(=O)Cn1c(=O)oc2ccccc21. The molecule has 0 atom stereocenters. The molecule has 0 aliphatic rings. The smallest absolute Gasteiger partial charge is 0.408 e. The van der Waals surface area contributed by atoms with E-state index in [1.54, 1.807) is 18.2 Å². The summed E-state index contributed by atoms with van der Waals surface area (Å²) in [7, 11) is 0. The fourth-order valence-electron chi connectivity index (χ4n) is 1.50. The molecule has 4 heteroatoms. The van der Waals surface area contributed by atoms with Crippen molar-refractivity contribution in [3.63, 3.8) is 0 Å². The number of nitrogens with zero attached hydrogens (tertiary/aromatic N) is 1. The van der Waals surface area contributed by atoms with Gasteiger partial charge in [-0.2, -0.15) is 0 Å². The summed E-state index contributed by atoms with van der Waals surface area (Å²) in [6.45, 7) is 3.71. The maximum atomic E-state index is 11.6. The number of carbonyl (C=O) groups excluding carboxylic acids is 1. The van der Waals surface area contributed by atoms with Crippen molar-refractivity contribution in [2.45, 2.75) is 20.4 Å². The molecule has 1 aromatic heterocycles. The third-order valence-electron chi connectivity index (χ3n) is 2.53. The summed E-state index contributed by atoms with van der Waals surface area (Å²) in [4.78, 5) is 23.1. The molecule has 0 saturated carbocycles. The standard InChI is InChI=1S/C12H13NO3/c1-8(2)10(14)7-13-9-5-3-4-6-11(9)16-12(13)15/h3-6,8H,7H2,1-2H3. The van der Waals surface area contributed by atoms with Crippen LogP contribution in [0.2, 0.25) is 0 Å². The Labute approximate surface area is 92.5 Å². The molecular formula is C12H13NO3. The third-order valence-corrected chi connectivity index (χ3v) is 2.53. The Bertz CT molecular complexity index is 577. The van der Waals surface area contributed by atoms with Gasteiger partial charge in [-0.25, -0.2) is 4.79 Å². The largest absolute Gasteiger partial charge is 0.420 e. The fraction of sp³-hybridized carbons (Fsp3) is 0.333. The molecule has 2 rings (SSSR count). The topological polar surface area (TPSA) is 52.2 Å². The van der Waals surface area contributed by atoms with E-state index in [0.29, 0.717) is 11.1 Å². The molecule has 0 saturated heterocycles.